The van der Waals surface area contributed by atoms with E-state index in [1.165, 1.54) is 12.0 Å². The number of nitrogen functional groups attached to an aromatic ring is 1. The van der Waals surface area contributed by atoms with Crippen LogP contribution >= 0.6 is 11.3 Å². The van der Waals surface area contributed by atoms with E-state index in [9.17, 15) is 0 Å². The van der Waals surface area contributed by atoms with Gasteiger partial charge in [-0.3, -0.25) is 4.90 Å². The number of aryl methyl sites for hydroxylation is 1. The second-order valence-electron chi connectivity index (χ2n) is 7.20. The van der Waals surface area contributed by atoms with Crippen molar-refractivity contribution in [2.24, 2.45) is 0 Å². The van der Waals surface area contributed by atoms with Crippen molar-refractivity contribution in [3.05, 3.63) is 63.9 Å². The number of benzene rings is 1. The average molecular weight is 396 g/mol. The van der Waals surface area contributed by atoms with Gasteiger partial charge in [-0.25, -0.2) is 15.0 Å². The standard InChI is InChI=1S/C21H25N5OS/c1-15-24-18(14-28-15)13-27-19-6-4-16(5-7-19)11-26-10-2-3-17(12-26)20-8-9-23-21(22)25-20/h4-9,14,17H,2-3,10-13H2,1H3,(H2,22,23,25). The number of nitrogens with two attached hydrogens (primary N) is 1. The SMILES string of the molecule is Cc1nc(COc2ccc(CN3CCCC(c4ccnc(N)n4)C3)cc2)cs1. The van der Waals surface area contributed by atoms with Crippen molar-refractivity contribution in [3.8, 4) is 5.75 Å². The number of hydrogen-bond acceptors (Lipinski definition) is 7. The second-order valence-corrected chi connectivity index (χ2v) is 8.27. The summed E-state index contributed by atoms with van der Waals surface area (Å²) in [5.41, 5.74) is 9.08. The van der Waals surface area contributed by atoms with Crippen LogP contribution in [0.2, 0.25) is 0 Å². The van der Waals surface area contributed by atoms with E-state index in [4.69, 9.17) is 10.5 Å². The smallest absolute Gasteiger partial charge is 0.220 e. The highest BCUT2D eigenvalue weighted by atomic mass is 32.1. The molecule has 0 saturated carbocycles. The van der Waals surface area contributed by atoms with E-state index in [1.54, 1.807) is 17.5 Å². The molecule has 146 valence electrons. The Morgan fingerprint density at radius 3 is 2.82 bits per heavy atom. The van der Waals surface area contributed by atoms with Gasteiger partial charge >= 0.3 is 0 Å². The Morgan fingerprint density at radius 1 is 1.21 bits per heavy atom. The molecular formula is C21H25N5OS. The summed E-state index contributed by atoms with van der Waals surface area (Å²) in [5.74, 6) is 1.66. The van der Waals surface area contributed by atoms with E-state index in [0.29, 0.717) is 18.5 Å². The molecule has 0 bridgehead atoms. The molecule has 1 aromatic carbocycles. The molecule has 6 nitrogen and oxygen atoms in total. The van der Waals surface area contributed by atoms with E-state index in [1.807, 2.05) is 30.5 Å². The van der Waals surface area contributed by atoms with Gasteiger partial charge in [0.1, 0.15) is 12.4 Å². The molecule has 0 aliphatic carbocycles. The Kier molecular flexibility index (Phi) is 5.83. The lowest BCUT2D eigenvalue weighted by Gasteiger charge is -2.32. The fourth-order valence-electron chi connectivity index (χ4n) is 3.64. The number of ether oxygens (including phenoxy) is 1. The number of likely N-dealkylation sites (tertiary alicyclic amines) is 1. The van der Waals surface area contributed by atoms with Gasteiger partial charge in [-0.15, -0.1) is 11.3 Å². The number of anilines is 1. The minimum atomic E-state index is 0.359. The Bertz CT molecular complexity index is 911. The first-order valence-electron chi connectivity index (χ1n) is 9.59. The van der Waals surface area contributed by atoms with Crippen LogP contribution in [0.5, 0.6) is 5.75 Å². The molecule has 28 heavy (non-hydrogen) atoms. The van der Waals surface area contributed by atoms with Crippen LogP contribution in [-0.4, -0.2) is 32.9 Å². The molecule has 3 aromatic rings. The predicted molar refractivity (Wildman–Crippen MR) is 111 cm³/mol. The first-order valence-corrected chi connectivity index (χ1v) is 10.5. The van der Waals surface area contributed by atoms with Gasteiger partial charge in [0, 0.05) is 30.6 Å². The number of nitrogens with zero attached hydrogens (tertiary/aromatic N) is 4. The van der Waals surface area contributed by atoms with E-state index in [0.717, 1.165) is 48.2 Å². The molecule has 7 heteroatoms. The Balaban J connectivity index is 1.32. The summed E-state index contributed by atoms with van der Waals surface area (Å²) in [4.78, 5) is 15.3. The Hall–Kier alpha value is -2.51. The average Bonchev–Trinajstić information content (AvgIpc) is 3.13. The zero-order valence-electron chi connectivity index (χ0n) is 16.0. The Morgan fingerprint density at radius 2 is 2.07 bits per heavy atom. The monoisotopic (exact) mass is 395 g/mol. The van der Waals surface area contributed by atoms with Crippen molar-refractivity contribution < 1.29 is 4.74 Å². The van der Waals surface area contributed by atoms with Crippen molar-refractivity contribution in [1.29, 1.82) is 0 Å². The van der Waals surface area contributed by atoms with Crippen LogP contribution in [0.3, 0.4) is 0 Å². The minimum Gasteiger partial charge on any atom is -0.487 e. The lowest BCUT2D eigenvalue weighted by Crippen LogP contribution is -2.34. The molecule has 2 N–H and O–H groups in total. The third kappa shape index (κ3) is 4.85. The third-order valence-electron chi connectivity index (χ3n) is 5.00. The molecular weight excluding hydrogens is 370 g/mol. The second kappa shape index (κ2) is 8.67. The fourth-order valence-corrected chi connectivity index (χ4v) is 4.23. The number of aromatic nitrogens is 3. The van der Waals surface area contributed by atoms with E-state index < -0.39 is 0 Å². The maximum Gasteiger partial charge on any atom is 0.220 e. The van der Waals surface area contributed by atoms with E-state index in [2.05, 4.69) is 32.0 Å². The number of piperidine rings is 1. The van der Waals surface area contributed by atoms with Gasteiger partial charge in [-0.1, -0.05) is 12.1 Å². The quantitative estimate of drug-likeness (QED) is 0.684. The van der Waals surface area contributed by atoms with Gasteiger partial charge in [0.25, 0.3) is 0 Å². The van der Waals surface area contributed by atoms with Gasteiger partial charge in [-0.2, -0.15) is 0 Å². The molecule has 0 amide bonds. The molecule has 3 heterocycles. The lowest BCUT2D eigenvalue weighted by molar-refractivity contribution is 0.198. The fraction of sp³-hybridized carbons (Fsp3) is 0.381. The van der Waals surface area contributed by atoms with Crippen molar-refractivity contribution in [1.82, 2.24) is 19.9 Å². The molecule has 1 fully saturated rings. The molecule has 2 aromatic heterocycles. The summed E-state index contributed by atoms with van der Waals surface area (Å²) >= 11 is 1.65. The van der Waals surface area contributed by atoms with Crippen LogP contribution in [0.15, 0.2) is 41.9 Å². The topological polar surface area (TPSA) is 77.2 Å². The van der Waals surface area contributed by atoms with Crippen molar-refractivity contribution in [2.45, 2.75) is 38.8 Å². The molecule has 1 aliphatic heterocycles. The summed E-state index contributed by atoms with van der Waals surface area (Å²) in [7, 11) is 0. The highest BCUT2D eigenvalue weighted by molar-refractivity contribution is 7.09. The van der Waals surface area contributed by atoms with Crippen LogP contribution in [-0.2, 0) is 13.2 Å². The van der Waals surface area contributed by atoms with Gasteiger partial charge in [0.05, 0.1) is 16.4 Å². The van der Waals surface area contributed by atoms with Gasteiger partial charge in [-0.05, 0) is 50.1 Å². The summed E-state index contributed by atoms with van der Waals surface area (Å²) in [6.45, 7) is 5.56. The van der Waals surface area contributed by atoms with Gasteiger partial charge in [0.2, 0.25) is 5.95 Å². The van der Waals surface area contributed by atoms with Crippen molar-refractivity contribution >= 4 is 17.3 Å². The normalized spacial score (nSPS) is 17.5. The summed E-state index contributed by atoms with van der Waals surface area (Å²) in [5, 5.41) is 3.11. The van der Waals surface area contributed by atoms with Gasteiger partial charge < -0.3 is 10.5 Å². The molecule has 0 spiro atoms. The summed E-state index contributed by atoms with van der Waals surface area (Å²) < 4.78 is 5.84. The Labute approximate surface area is 169 Å². The maximum absolute atomic E-state index is 5.84. The van der Waals surface area contributed by atoms with E-state index in [-0.39, 0.29) is 0 Å². The van der Waals surface area contributed by atoms with E-state index >= 15 is 0 Å². The molecule has 4 rings (SSSR count). The van der Waals surface area contributed by atoms with Crippen LogP contribution in [0, 0.1) is 6.92 Å². The minimum absolute atomic E-state index is 0.359. The van der Waals surface area contributed by atoms with Crippen LogP contribution in [0.25, 0.3) is 0 Å². The lowest BCUT2D eigenvalue weighted by atomic mass is 9.94. The highest BCUT2D eigenvalue weighted by Crippen LogP contribution is 2.27. The predicted octanol–water partition coefficient (Wildman–Crippen LogP) is 3.78. The van der Waals surface area contributed by atoms with Crippen molar-refractivity contribution in [2.75, 3.05) is 18.8 Å². The zero-order chi connectivity index (χ0) is 19.3. The first kappa shape index (κ1) is 18.8. The van der Waals surface area contributed by atoms with Crippen LogP contribution in [0.1, 0.15) is 40.7 Å². The first-order chi connectivity index (χ1) is 13.7. The third-order valence-corrected chi connectivity index (χ3v) is 5.82. The summed E-state index contributed by atoms with van der Waals surface area (Å²) in [6, 6.07) is 10.4. The molecule has 1 unspecified atom stereocenters. The summed E-state index contributed by atoms with van der Waals surface area (Å²) in [6.07, 6.45) is 4.07. The van der Waals surface area contributed by atoms with Gasteiger partial charge in [0.15, 0.2) is 0 Å². The molecule has 0 radical (unpaired) electrons. The highest BCUT2D eigenvalue weighted by Gasteiger charge is 2.22. The molecule has 1 atom stereocenters. The zero-order valence-corrected chi connectivity index (χ0v) is 16.9. The van der Waals surface area contributed by atoms with Crippen LogP contribution in [0.4, 0.5) is 5.95 Å². The molecule has 1 saturated heterocycles. The van der Waals surface area contributed by atoms with Crippen LogP contribution < -0.4 is 10.5 Å². The molecule has 1 aliphatic rings. The largest absolute Gasteiger partial charge is 0.487 e. The van der Waals surface area contributed by atoms with Crippen molar-refractivity contribution in [3.63, 3.8) is 0 Å². The maximum atomic E-state index is 5.84. The number of rotatable bonds is 6. The number of thiazole rings is 1. The number of hydrogen-bond donors (Lipinski definition) is 1.